The molecule has 0 fully saturated rings. The van der Waals surface area contributed by atoms with E-state index in [1.165, 1.54) is 18.2 Å². The van der Waals surface area contributed by atoms with Crippen molar-refractivity contribution in [3.8, 4) is 0 Å². The van der Waals surface area contributed by atoms with Crippen LogP contribution < -0.4 is 5.32 Å². The first-order valence-corrected chi connectivity index (χ1v) is 8.60. The molecule has 1 unspecified atom stereocenters. The van der Waals surface area contributed by atoms with Crippen molar-refractivity contribution in [3.05, 3.63) is 69.8 Å². The number of thiophene rings is 1. The van der Waals surface area contributed by atoms with Crippen LogP contribution in [0.4, 0.5) is 4.39 Å². The highest BCUT2D eigenvalue weighted by Gasteiger charge is 2.24. The molecule has 2 aromatic carbocycles. The highest BCUT2D eigenvalue weighted by molar-refractivity contribution is 7.21. The lowest BCUT2D eigenvalue weighted by atomic mass is 10.1. The topological polar surface area (TPSA) is 66.4 Å². The summed E-state index contributed by atoms with van der Waals surface area (Å²) in [6.45, 7) is 0. The lowest BCUT2D eigenvalue weighted by Gasteiger charge is -2.14. The largest absolute Gasteiger partial charge is 0.480 e. The second kappa shape index (κ2) is 7.21. The third kappa shape index (κ3) is 3.81. The van der Waals surface area contributed by atoms with E-state index in [0.29, 0.717) is 10.1 Å². The zero-order valence-corrected chi connectivity index (χ0v) is 14.4. The summed E-state index contributed by atoms with van der Waals surface area (Å²) >= 11 is 7.24. The minimum Gasteiger partial charge on any atom is -0.480 e. The molecule has 128 valence electrons. The Labute approximate surface area is 151 Å². The molecule has 0 saturated carbocycles. The van der Waals surface area contributed by atoms with Gasteiger partial charge in [0.2, 0.25) is 0 Å². The molecule has 0 bridgehead atoms. The van der Waals surface area contributed by atoms with Gasteiger partial charge in [-0.2, -0.15) is 0 Å². The highest BCUT2D eigenvalue weighted by Crippen LogP contribution is 2.35. The van der Waals surface area contributed by atoms with Gasteiger partial charge in [-0.3, -0.25) is 4.79 Å². The van der Waals surface area contributed by atoms with Crippen LogP contribution in [-0.4, -0.2) is 23.0 Å². The first-order valence-electron chi connectivity index (χ1n) is 7.41. The number of amides is 1. The zero-order valence-electron chi connectivity index (χ0n) is 12.8. The Morgan fingerprint density at radius 1 is 1.20 bits per heavy atom. The Bertz CT molecular complexity index is 942. The number of hydrogen-bond acceptors (Lipinski definition) is 3. The number of rotatable bonds is 5. The Morgan fingerprint density at radius 2 is 1.92 bits per heavy atom. The summed E-state index contributed by atoms with van der Waals surface area (Å²) in [4.78, 5) is 24.1. The molecular formula is C18H13ClFNO3S. The van der Waals surface area contributed by atoms with E-state index < -0.39 is 23.7 Å². The SMILES string of the molecule is O=C(NC(Cc1ccccc1)C(=O)O)c1sc2cc(F)ccc2c1Cl. The van der Waals surface area contributed by atoms with E-state index in [4.69, 9.17) is 11.6 Å². The molecule has 0 aliphatic carbocycles. The second-order valence-electron chi connectivity index (χ2n) is 5.44. The average Bonchev–Trinajstić information content (AvgIpc) is 2.91. The lowest BCUT2D eigenvalue weighted by molar-refractivity contribution is -0.139. The van der Waals surface area contributed by atoms with Crippen molar-refractivity contribution in [2.24, 2.45) is 0 Å². The van der Waals surface area contributed by atoms with Crippen molar-refractivity contribution in [3.63, 3.8) is 0 Å². The van der Waals surface area contributed by atoms with Gasteiger partial charge in [0.05, 0.1) is 5.02 Å². The second-order valence-corrected chi connectivity index (χ2v) is 6.87. The maximum absolute atomic E-state index is 13.3. The molecule has 3 aromatic rings. The number of hydrogen-bond donors (Lipinski definition) is 2. The highest BCUT2D eigenvalue weighted by atomic mass is 35.5. The first kappa shape index (κ1) is 17.4. The van der Waals surface area contributed by atoms with Crippen LogP contribution in [0.2, 0.25) is 5.02 Å². The molecule has 1 heterocycles. The standard InChI is InChI=1S/C18H13ClFNO3S/c19-15-12-7-6-11(20)9-14(12)25-16(15)17(22)21-13(18(23)24)8-10-4-2-1-3-5-10/h1-7,9,13H,8H2,(H,21,22)(H,23,24). The molecule has 0 saturated heterocycles. The van der Waals surface area contributed by atoms with Gasteiger partial charge in [0.25, 0.3) is 5.91 Å². The van der Waals surface area contributed by atoms with Crippen LogP contribution in [0, 0.1) is 5.82 Å². The quantitative estimate of drug-likeness (QED) is 0.702. The summed E-state index contributed by atoms with van der Waals surface area (Å²) in [5.74, 6) is -2.15. The van der Waals surface area contributed by atoms with Gasteiger partial charge in [-0.15, -0.1) is 11.3 Å². The molecule has 1 atom stereocenters. The third-order valence-corrected chi connectivity index (χ3v) is 5.34. The number of carbonyl (C=O) groups excluding carboxylic acids is 1. The summed E-state index contributed by atoms with van der Waals surface area (Å²) in [6, 6.07) is 12.0. The van der Waals surface area contributed by atoms with E-state index in [9.17, 15) is 19.1 Å². The summed E-state index contributed by atoms with van der Waals surface area (Å²) in [5.41, 5.74) is 0.791. The van der Waals surface area contributed by atoms with Gasteiger partial charge in [-0.1, -0.05) is 41.9 Å². The summed E-state index contributed by atoms with van der Waals surface area (Å²) in [7, 11) is 0. The van der Waals surface area contributed by atoms with Crippen LogP contribution in [0.3, 0.4) is 0 Å². The number of nitrogens with one attached hydrogen (secondary N) is 1. The maximum atomic E-state index is 13.3. The van der Waals surface area contributed by atoms with E-state index in [1.807, 2.05) is 6.07 Å². The number of aliphatic carboxylic acids is 1. The number of carboxylic acid groups (broad SMARTS) is 1. The number of carboxylic acids is 1. The Morgan fingerprint density at radius 3 is 2.60 bits per heavy atom. The summed E-state index contributed by atoms with van der Waals surface area (Å²) in [6.07, 6.45) is 0.152. The molecule has 0 aliphatic heterocycles. The fourth-order valence-electron chi connectivity index (χ4n) is 2.46. The predicted octanol–water partition coefficient (Wildman–Crippen LogP) is 4.12. The van der Waals surface area contributed by atoms with Crippen molar-refractivity contribution >= 4 is 44.9 Å². The van der Waals surface area contributed by atoms with Crippen LogP contribution >= 0.6 is 22.9 Å². The van der Waals surface area contributed by atoms with Crippen molar-refractivity contribution < 1.29 is 19.1 Å². The van der Waals surface area contributed by atoms with Crippen LogP contribution in [0.5, 0.6) is 0 Å². The zero-order chi connectivity index (χ0) is 18.0. The van der Waals surface area contributed by atoms with Crippen LogP contribution in [0.25, 0.3) is 10.1 Å². The molecule has 3 rings (SSSR count). The number of fused-ring (bicyclic) bond motifs is 1. The lowest BCUT2D eigenvalue weighted by Crippen LogP contribution is -2.42. The van der Waals surface area contributed by atoms with Crippen molar-refractivity contribution in [2.75, 3.05) is 0 Å². The van der Waals surface area contributed by atoms with E-state index in [1.54, 1.807) is 24.3 Å². The summed E-state index contributed by atoms with van der Waals surface area (Å²) < 4.78 is 13.9. The van der Waals surface area contributed by atoms with Gasteiger partial charge in [0.15, 0.2) is 0 Å². The fourth-order valence-corrected chi connectivity index (χ4v) is 3.90. The molecule has 25 heavy (non-hydrogen) atoms. The Balaban J connectivity index is 1.84. The van der Waals surface area contributed by atoms with Crippen molar-refractivity contribution in [1.29, 1.82) is 0 Å². The van der Waals surface area contributed by atoms with E-state index in [2.05, 4.69) is 5.32 Å². The van der Waals surface area contributed by atoms with Gasteiger partial charge >= 0.3 is 5.97 Å². The number of halogens is 2. The van der Waals surface area contributed by atoms with Gasteiger partial charge in [0, 0.05) is 16.5 Å². The molecule has 1 amide bonds. The smallest absolute Gasteiger partial charge is 0.326 e. The molecule has 0 aliphatic rings. The van der Waals surface area contributed by atoms with Gasteiger partial charge < -0.3 is 10.4 Å². The molecule has 4 nitrogen and oxygen atoms in total. The molecule has 1 aromatic heterocycles. The molecular weight excluding hydrogens is 365 g/mol. The predicted molar refractivity (Wildman–Crippen MR) is 95.8 cm³/mol. The molecule has 2 N–H and O–H groups in total. The molecule has 0 radical (unpaired) electrons. The minimum absolute atomic E-state index is 0.152. The van der Waals surface area contributed by atoms with Gasteiger partial charge in [-0.25, -0.2) is 9.18 Å². The van der Waals surface area contributed by atoms with Gasteiger partial charge in [0.1, 0.15) is 16.7 Å². The monoisotopic (exact) mass is 377 g/mol. The van der Waals surface area contributed by atoms with Crippen molar-refractivity contribution in [1.82, 2.24) is 5.32 Å². The average molecular weight is 378 g/mol. The van der Waals surface area contributed by atoms with Crippen LogP contribution in [0.1, 0.15) is 15.2 Å². The maximum Gasteiger partial charge on any atom is 0.326 e. The third-order valence-electron chi connectivity index (χ3n) is 3.68. The van der Waals surface area contributed by atoms with E-state index in [0.717, 1.165) is 16.9 Å². The Hall–Kier alpha value is -2.44. The minimum atomic E-state index is -1.14. The fraction of sp³-hybridized carbons (Fsp3) is 0.111. The van der Waals surface area contributed by atoms with E-state index >= 15 is 0 Å². The normalized spacial score (nSPS) is 12.1. The van der Waals surface area contributed by atoms with E-state index in [-0.39, 0.29) is 16.3 Å². The molecule has 0 spiro atoms. The summed E-state index contributed by atoms with van der Waals surface area (Å²) in [5, 5.41) is 12.6. The van der Waals surface area contributed by atoms with Crippen LogP contribution in [-0.2, 0) is 11.2 Å². The van der Waals surface area contributed by atoms with Crippen molar-refractivity contribution in [2.45, 2.75) is 12.5 Å². The first-order chi connectivity index (χ1) is 12.0. The van der Waals surface area contributed by atoms with Gasteiger partial charge in [-0.05, 0) is 23.8 Å². The Kier molecular flexibility index (Phi) is 5.01. The van der Waals surface area contributed by atoms with Crippen LogP contribution in [0.15, 0.2) is 48.5 Å². The number of benzene rings is 2. The number of carbonyl (C=O) groups is 2. The molecule has 7 heteroatoms.